The van der Waals surface area contributed by atoms with Gasteiger partial charge >= 0.3 is 19.5 Å². The molecular weight excluding hydrogens is 280 g/mol. The quantitative estimate of drug-likeness (QED) is 0.581. The van der Waals surface area contributed by atoms with E-state index in [1.54, 1.807) is 0 Å². The number of rotatable bonds is 0. The van der Waals surface area contributed by atoms with Crippen LogP contribution >= 0.6 is 0 Å². The van der Waals surface area contributed by atoms with Crippen molar-refractivity contribution in [1.82, 2.24) is 6.15 Å². The summed E-state index contributed by atoms with van der Waals surface area (Å²) < 4.78 is 0. The van der Waals surface area contributed by atoms with Gasteiger partial charge in [0.15, 0.2) is 0 Å². The predicted octanol–water partition coefficient (Wildman–Crippen LogP) is -0.593. The Kier molecular flexibility index (Phi) is 12.2. The van der Waals surface area contributed by atoms with Crippen LogP contribution in [-0.4, -0.2) is 20.5 Å². The molecule has 16 heavy (non-hydrogen) atoms. The molecule has 1 nitrogen and oxygen atoms in total. The summed E-state index contributed by atoms with van der Waals surface area (Å²) in [5, 5.41) is 2.70. The largest absolute Gasteiger partial charge is 2.00 e. The van der Waals surface area contributed by atoms with Gasteiger partial charge in [-0.3, -0.25) is 0 Å². The summed E-state index contributed by atoms with van der Waals surface area (Å²) in [4.78, 5) is 0. The number of hydrogen-bond donors (Lipinski definition) is 0. The summed E-state index contributed by atoms with van der Waals surface area (Å²) in [7, 11) is 3.80. The molecule has 0 saturated carbocycles. The summed E-state index contributed by atoms with van der Waals surface area (Å²) in [6, 6.07) is 20.6. The Balaban J connectivity index is 0. The van der Waals surface area contributed by atoms with E-state index in [1.165, 1.54) is 10.4 Å². The topological polar surface area (TPSA) is 30.5 Å². The standard InChI is InChI=1S/2C6H7Si.N.Zn/c2*7-6-4-2-1-3-5-6;;/h2*1-5H,7H2;;/q2*-1;;+2. The van der Waals surface area contributed by atoms with Crippen molar-refractivity contribution >= 4 is 30.9 Å². The van der Waals surface area contributed by atoms with Crippen LogP contribution in [0.25, 0.3) is 0 Å². The second kappa shape index (κ2) is 11.0. The van der Waals surface area contributed by atoms with Crippen molar-refractivity contribution in [2.24, 2.45) is 0 Å². The molecular formula is C12H14NSi2Zn. The molecule has 0 unspecified atom stereocenters. The van der Waals surface area contributed by atoms with E-state index >= 15 is 0 Å². The zero-order chi connectivity index (χ0) is 10.2. The number of nitrogens with zero attached hydrogens (tertiary/aromatic N) is 1. The monoisotopic (exact) mass is 292 g/mol. The minimum atomic E-state index is 0. The van der Waals surface area contributed by atoms with Gasteiger partial charge in [0.05, 0.1) is 0 Å². The molecule has 0 amide bonds. The molecule has 0 saturated heterocycles. The average Bonchev–Trinajstić information content (AvgIpc) is 2.21. The third-order valence-electron chi connectivity index (χ3n) is 1.69. The molecule has 2 aromatic carbocycles. The predicted molar refractivity (Wildman–Crippen MR) is 71.4 cm³/mol. The molecule has 4 heteroatoms. The minimum Gasteiger partial charge on any atom is -0.320 e. The first-order chi connectivity index (χ1) is 6.79. The molecule has 2 aromatic rings. The van der Waals surface area contributed by atoms with Gasteiger partial charge in [-0.05, 0) is 0 Å². The SMILES string of the molecule is [N].[SiH2-]c1ccccc1.[SiH2-]c1ccccc1.[Zn+2]. The van der Waals surface area contributed by atoms with Crippen LogP contribution in [0.3, 0.4) is 0 Å². The maximum Gasteiger partial charge on any atom is 2.00 e. The molecule has 2 rings (SSSR count). The maximum atomic E-state index is 2.10. The summed E-state index contributed by atoms with van der Waals surface area (Å²) in [5.41, 5.74) is 0. The second-order valence-electron chi connectivity index (χ2n) is 2.97. The second-order valence-corrected chi connectivity index (χ2v) is 4.60. The Hall–Kier alpha value is -0.543. The molecule has 0 aliphatic carbocycles. The van der Waals surface area contributed by atoms with Crippen LogP contribution < -0.4 is 16.5 Å². The molecule has 0 heterocycles. The van der Waals surface area contributed by atoms with E-state index < -0.39 is 0 Å². The molecule has 0 aromatic heterocycles. The van der Waals surface area contributed by atoms with Crippen LogP contribution in [0.5, 0.6) is 0 Å². The molecule has 0 bridgehead atoms. The van der Waals surface area contributed by atoms with E-state index in [4.69, 9.17) is 0 Å². The first-order valence-electron chi connectivity index (χ1n) is 4.53. The van der Waals surface area contributed by atoms with E-state index in [2.05, 4.69) is 24.3 Å². The van der Waals surface area contributed by atoms with Crippen LogP contribution in [0, 0.1) is 0 Å². The fraction of sp³-hybridized carbons (Fsp3) is 0. The molecule has 0 N–H and O–H groups in total. The van der Waals surface area contributed by atoms with Crippen LogP contribution in [0.2, 0.25) is 0 Å². The van der Waals surface area contributed by atoms with Gasteiger partial charge in [0.2, 0.25) is 0 Å². The summed E-state index contributed by atoms with van der Waals surface area (Å²) in [6.07, 6.45) is 0. The molecule has 0 aliphatic rings. The third-order valence-corrected chi connectivity index (χ3v) is 2.63. The summed E-state index contributed by atoms with van der Waals surface area (Å²) in [6.45, 7) is 0. The van der Waals surface area contributed by atoms with Crippen LogP contribution in [0.4, 0.5) is 0 Å². The van der Waals surface area contributed by atoms with Crippen LogP contribution in [-0.2, 0) is 19.5 Å². The van der Waals surface area contributed by atoms with Gasteiger partial charge < -0.3 is 20.5 Å². The van der Waals surface area contributed by atoms with Crippen molar-refractivity contribution in [2.75, 3.05) is 0 Å². The van der Waals surface area contributed by atoms with Gasteiger partial charge in [-0.15, -0.1) is 0 Å². The Morgan fingerprint density at radius 2 is 0.812 bits per heavy atom. The molecule has 0 aliphatic heterocycles. The Labute approximate surface area is 117 Å². The summed E-state index contributed by atoms with van der Waals surface area (Å²) >= 11 is 0. The van der Waals surface area contributed by atoms with E-state index in [0.29, 0.717) is 0 Å². The number of benzene rings is 2. The summed E-state index contributed by atoms with van der Waals surface area (Å²) in [5.74, 6) is 0. The molecule has 0 fully saturated rings. The van der Waals surface area contributed by atoms with Crippen molar-refractivity contribution in [1.29, 1.82) is 0 Å². The Morgan fingerprint density at radius 3 is 0.938 bits per heavy atom. The van der Waals surface area contributed by atoms with Gasteiger partial charge in [0.1, 0.15) is 0 Å². The molecule has 77 valence electrons. The third kappa shape index (κ3) is 8.74. The van der Waals surface area contributed by atoms with Crippen LogP contribution in [0.1, 0.15) is 0 Å². The van der Waals surface area contributed by atoms with Crippen LogP contribution in [0.15, 0.2) is 60.7 Å². The van der Waals surface area contributed by atoms with Gasteiger partial charge in [-0.1, -0.05) is 60.7 Å². The Morgan fingerprint density at radius 1 is 0.562 bits per heavy atom. The minimum absolute atomic E-state index is 0. The zero-order valence-electron chi connectivity index (χ0n) is 9.34. The van der Waals surface area contributed by atoms with Gasteiger partial charge in [-0.2, -0.15) is 0 Å². The first kappa shape index (κ1) is 17.8. The van der Waals surface area contributed by atoms with E-state index in [-0.39, 0.29) is 25.6 Å². The van der Waals surface area contributed by atoms with Gasteiger partial charge in [0, 0.05) is 6.15 Å². The molecule has 0 atom stereocenters. The van der Waals surface area contributed by atoms with E-state index in [9.17, 15) is 0 Å². The van der Waals surface area contributed by atoms with E-state index in [0.717, 1.165) is 0 Å². The van der Waals surface area contributed by atoms with Crippen molar-refractivity contribution in [3.8, 4) is 0 Å². The van der Waals surface area contributed by atoms with E-state index in [1.807, 2.05) is 56.9 Å². The molecule has 3 radical (unpaired) electrons. The fourth-order valence-electron chi connectivity index (χ4n) is 0.956. The molecule has 0 spiro atoms. The first-order valence-corrected chi connectivity index (χ1v) is 5.94. The Bertz CT molecular complexity index is 316. The maximum absolute atomic E-state index is 2.10. The van der Waals surface area contributed by atoms with Crippen molar-refractivity contribution in [2.45, 2.75) is 0 Å². The normalized spacial score (nSPS) is 7.50. The van der Waals surface area contributed by atoms with Gasteiger partial charge in [-0.25, -0.2) is 10.4 Å². The average molecular weight is 294 g/mol. The van der Waals surface area contributed by atoms with Crippen molar-refractivity contribution in [3.05, 3.63) is 60.7 Å². The zero-order valence-corrected chi connectivity index (χ0v) is 15.1. The smallest absolute Gasteiger partial charge is 0.320 e. The fourth-order valence-corrected chi connectivity index (χ4v) is 1.50. The van der Waals surface area contributed by atoms with Gasteiger partial charge in [0.25, 0.3) is 0 Å². The number of hydrogen-bond acceptors (Lipinski definition) is 0. The van der Waals surface area contributed by atoms with Crippen molar-refractivity contribution in [3.63, 3.8) is 0 Å². The van der Waals surface area contributed by atoms with Crippen molar-refractivity contribution < 1.29 is 19.5 Å².